The summed E-state index contributed by atoms with van der Waals surface area (Å²) >= 11 is 0. The molecule has 3 nitrogen and oxygen atoms in total. The van der Waals surface area contributed by atoms with Crippen molar-refractivity contribution < 1.29 is 9.53 Å². The van der Waals surface area contributed by atoms with Crippen LogP contribution in [0.1, 0.15) is 44.9 Å². The van der Waals surface area contributed by atoms with E-state index in [1.165, 1.54) is 52.1 Å². The SMILES string of the molecule is COC(=O)C(C1CCCC1)N1CCCCC1. The van der Waals surface area contributed by atoms with Crippen molar-refractivity contribution in [3.63, 3.8) is 0 Å². The summed E-state index contributed by atoms with van der Waals surface area (Å²) in [5.74, 6) is 0.541. The Morgan fingerprint density at radius 2 is 1.75 bits per heavy atom. The molecule has 16 heavy (non-hydrogen) atoms. The van der Waals surface area contributed by atoms with Crippen molar-refractivity contribution in [3.05, 3.63) is 0 Å². The molecule has 0 aromatic rings. The lowest BCUT2D eigenvalue weighted by atomic mass is 9.94. The number of hydrogen-bond acceptors (Lipinski definition) is 3. The van der Waals surface area contributed by atoms with Crippen LogP contribution in [0, 0.1) is 5.92 Å². The predicted octanol–water partition coefficient (Wildman–Crippen LogP) is 2.20. The maximum atomic E-state index is 11.9. The summed E-state index contributed by atoms with van der Waals surface area (Å²) in [7, 11) is 1.52. The minimum absolute atomic E-state index is 0.00574. The first-order chi connectivity index (χ1) is 7.83. The monoisotopic (exact) mass is 225 g/mol. The van der Waals surface area contributed by atoms with Gasteiger partial charge in [-0.1, -0.05) is 19.3 Å². The van der Waals surface area contributed by atoms with Crippen molar-refractivity contribution in [1.82, 2.24) is 4.90 Å². The molecule has 2 fully saturated rings. The van der Waals surface area contributed by atoms with E-state index in [1.807, 2.05) is 0 Å². The smallest absolute Gasteiger partial charge is 0.323 e. The highest BCUT2D eigenvalue weighted by molar-refractivity contribution is 5.76. The van der Waals surface area contributed by atoms with E-state index in [0.29, 0.717) is 5.92 Å². The van der Waals surface area contributed by atoms with Crippen molar-refractivity contribution in [2.75, 3.05) is 20.2 Å². The Balaban J connectivity index is 2.03. The van der Waals surface area contributed by atoms with Gasteiger partial charge in [0, 0.05) is 0 Å². The lowest BCUT2D eigenvalue weighted by Crippen LogP contribution is -2.48. The number of piperidine rings is 1. The van der Waals surface area contributed by atoms with Crippen LogP contribution in [0.4, 0.5) is 0 Å². The first-order valence-electron chi connectivity index (χ1n) is 6.65. The summed E-state index contributed by atoms with van der Waals surface area (Å²) in [6, 6.07) is 0.0489. The van der Waals surface area contributed by atoms with Crippen LogP contribution in [0.25, 0.3) is 0 Å². The second kappa shape index (κ2) is 5.67. The minimum Gasteiger partial charge on any atom is -0.468 e. The van der Waals surface area contributed by atoms with Gasteiger partial charge in [-0.25, -0.2) is 0 Å². The molecule has 2 aliphatic rings. The molecule has 1 aliphatic heterocycles. The van der Waals surface area contributed by atoms with Gasteiger partial charge in [-0.05, 0) is 44.7 Å². The Hall–Kier alpha value is -0.570. The quantitative estimate of drug-likeness (QED) is 0.690. The van der Waals surface area contributed by atoms with Crippen LogP contribution in [-0.2, 0) is 9.53 Å². The van der Waals surface area contributed by atoms with Crippen molar-refractivity contribution in [2.24, 2.45) is 5.92 Å². The summed E-state index contributed by atoms with van der Waals surface area (Å²) < 4.78 is 5.00. The molecule has 1 unspecified atom stereocenters. The molecule has 0 aromatic heterocycles. The normalized spacial score (nSPS) is 25.6. The largest absolute Gasteiger partial charge is 0.468 e. The van der Waals surface area contributed by atoms with Crippen molar-refractivity contribution in [3.8, 4) is 0 Å². The van der Waals surface area contributed by atoms with Crippen LogP contribution in [0.3, 0.4) is 0 Å². The number of carbonyl (C=O) groups excluding carboxylic acids is 1. The van der Waals surface area contributed by atoms with E-state index < -0.39 is 0 Å². The number of methoxy groups -OCH3 is 1. The molecule has 1 aliphatic carbocycles. The fourth-order valence-electron chi connectivity index (χ4n) is 3.23. The molecule has 3 heteroatoms. The Bertz CT molecular complexity index is 230. The molecule has 0 N–H and O–H groups in total. The lowest BCUT2D eigenvalue weighted by molar-refractivity contribution is -0.149. The summed E-state index contributed by atoms with van der Waals surface area (Å²) in [5, 5.41) is 0. The molecular weight excluding hydrogens is 202 g/mol. The molecule has 0 radical (unpaired) electrons. The Kier molecular flexibility index (Phi) is 4.22. The van der Waals surface area contributed by atoms with Gasteiger partial charge < -0.3 is 4.74 Å². The zero-order valence-corrected chi connectivity index (χ0v) is 10.3. The molecule has 0 bridgehead atoms. The fraction of sp³-hybridized carbons (Fsp3) is 0.923. The van der Waals surface area contributed by atoms with Crippen molar-refractivity contribution in [2.45, 2.75) is 51.0 Å². The molecule has 92 valence electrons. The van der Waals surface area contributed by atoms with Gasteiger partial charge in [0.2, 0.25) is 0 Å². The standard InChI is InChI=1S/C13H23NO2/c1-16-13(15)12(11-7-3-4-8-11)14-9-5-2-6-10-14/h11-12H,2-10H2,1H3. The van der Waals surface area contributed by atoms with Gasteiger partial charge in [-0.15, -0.1) is 0 Å². The molecule has 0 amide bonds. The van der Waals surface area contributed by atoms with E-state index >= 15 is 0 Å². The van der Waals surface area contributed by atoms with E-state index in [2.05, 4.69) is 4.90 Å². The van der Waals surface area contributed by atoms with Crippen molar-refractivity contribution >= 4 is 5.97 Å². The molecule has 0 aromatic carbocycles. The number of ether oxygens (including phenoxy) is 1. The maximum Gasteiger partial charge on any atom is 0.323 e. The number of rotatable bonds is 3. The van der Waals surface area contributed by atoms with Crippen LogP contribution in [-0.4, -0.2) is 37.1 Å². The zero-order chi connectivity index (χ0) is 11.4. The Labute approximate surface area is 98.1 Å². The highest BCUT2D eigenvalue weighted by Gasteiger charge is 2.36. The maximum absolute atomic E-state index is 11.9. The number of esters is 1. The van der Waals surface area contributed by atoms with Gasteiger partial charge in [0.05, 0.1) is 7.11 Å². The van der Waals surface area contributed by atoms with E-state index in [9.17, 15) is 4.79 Å². The van der Waals surface area contributed by atoms with Crippen LogP contribution < -0.4 is 0 Å². The molecule has 1 saturated heterocycles. The minimum atomic E-state index is -0.00574. The average Bonchev–Trinajstić information content (AvgIpc) is 2.84. The molecular formula is C13H23NO2. The van der Waals surface area contributed by atoms with E-state index in [1.54, 1.807) is 0 Å². The van der Waals surface area contributed by atoms with Crippen LogP contribution in [0.15, 0.2) is 0 Å². The predicted molar refractivity (Wildman–Crippen MR) is 63.2 cm³/mol. The molecule has 1 saturated carbocycles. The summed E-state index contributed by atoms with van der Waals surface area (Å²) in [4.78, 5) is 14.3. The van der Waals surface area contributed by atoms with Gasteiger partial charge in [0.25, 0.3) is 0 Å². The van der Waals surface area contributed by atoms with E-state index in [0.717, 1.165) is 13.1 Å². The molecule has 2 rings (SSSR count). The fourth-order valence-corrected chi connectivity index (χ4v) is 3.23. The summed E-state index contributed by atoms with van der Waals surface area (Å²) in [5.41, 5.74) is 0. The number of likely N-dealkylation sites (tertiary alicyclic amines) is 1. The molecule has 1 atom stereocenters. The average molecular weight is 225 g/mol. The first kappa shape index (κ1) is 11.9. The van der Waals surface area contributed by atoms with Gasteiger partial charge in [-0.2, -0.15) is 0 Å². The first-order valence-corrected chi connectivity index (χ1v) is 6.65. The highest BCUT2D eigenvalue weighted by atomic mass is 16.5. The second-order valence-corrected chi connectivity index (χ2v) is 5.11. The molecule has 1 heterocycles. The van der Waals surface area contributed by atoms with Gasteiger partial charge in [-0.3, -0.25) is 9.69 Å². The van der Waals surface area contributed by atoms with Gasteiger partial charge in [0.1, 0.15) is 6.04 Å². The Morgan fingerprint density at radius 1 is 1.12 bits per heavy atom. The molecule has 0 spiro atoms. The second-order valence-electron chi connectivity index (χ2n) is 5.11. The number of carbonyl (C=O) groups is 1. The third kappa shape index (κ3) is 2.57. The zero-order valence-electron chi connectivity index (χ0n) is 10.3. The Morgan fingerprint density at radius 3 is 2.31 bits per heavy atom. The van der Waals surface area contributed by atoms with Crippen molar-refractivity contribution in [1.29, 1.82) is 0 Å². The van der Waals surface area contributed by atoms with Gasteiger partial charge in [0.15, 0.2) is 0 Å². The van der Waals surface area contributed by atoms with E-state index in [-0.39, 0.29) is 12.0 Å². The van der Waals surface area contributed by atoms with Crippen LogP contribution >= 0.6 is 0 Å². The van der Waals surface area contributed by atoms with Crippen LogP contribution in [0.5, 0.6) is 0 Å². The third-order valence-electron chi connectivity index (χ3n) is 4.07. The van der Waals surface area contributed by atoms with Crippen LogP contribution in [0.2, 0.25) is 0 Å². The summed E-state index contributed by atoms with van der Waals surface area (Å²) in [6.07, 6.45) is 8.76. The number of nitrogens with zero attached hydrogens (tertiary/aromatic N) is 1. The van der Waals surface area contributed by atoms with E-state index in [4.69, 9.17) is 4.74 Å². The summed E-state index contributed by atoms with van der Waals surface area (Å²) in [6.45, 7) is 2.16. The third-order valence-corrected chi connectivity index (χ3v) is 4.07. The highest BCUT2D eigenvalue weighted by Crippen LogP contribution is 2.32. The topological polar surface area (TPSA) is 29.5 Å². The lowest BCUT2D eigenvalue weighted by Gasteiger charge is -2.35. The van der Waals surface area contributed by atoms with Gasteiger partial charge >= 0.3 is 5.97 Å². The number of hydrogen-bond donors (Lipinski definition) is 0.